The second-order valence-electron chi connectivity index (χ2n) is 4.70. The number of aryl methyl sites for hydroxylation is 2. The topological polar surface area (TPSA) is 53.2 Å². The molecule has 0 unspecified atom stereocenters. The Morgan fingerprint density at radius 3 is 2.61 bits per heavy atom. The number of carbonyl (C=O) groups is 1. The molecule has 0 aliphatic heterocycles. The summed E-state index contributed by atoms with van der Waals surface area (Å²) in [6.45, 7) is 5.11. The van der Waals surface area contributed by atoms with Crippen molar-refractivity contribution in [3.8, 4) is 0 Å². The van der Waals surface area contributed by atoms with E-state index < -0.39 is 0 Å². The Morgan fingerprint density at radius 1 is 1.28 bits per heavy atom. The molecule has 1 aromatic rings. The molecule has 0 atom stereocenters. The van der Waals surface area contributed by atoms with Crippen molar-refractivity contribution in [3.05, 3.63) is 33.2 Å². The molecule has 1 heterocycles. The lowest BCUT2D eigenvalue weighted by molar-refractivity contribution is 0.0771. The lowest BCUT2D eigenvalue weighted by atomic mass is 9.95. The van der Waals surface area contributed by atoms with E-state index in [-0.39, 0.29) is 11.5 Å². The number of rotatable bonds is 3. The maximum atomic E-state index is 12.2. The van der Waals surface area contributed by atoms with Crippen molar-refractivity contribution in [2.75, 3.05) is 13.1 Å². The Kier molecular flexibility index (Phi) is 3.84. The SMILES string of the molecule is CCN(CC)C(=O)c1cc2c([nH]c1=O)CCCC2. The number of hydrogen-bond acceptors (Lipinski definition) is 2. The first-order valence-corrected chi connectivity index (χ1v) is 6.71. The predicted octanol–water partition coefficient (Wildman–Crippen LogP) is 1.74. The molecule has 98 valence electrons. The molecule has 2 rings (SSSR count). The summed E-state index contributed by atoms with van der Waals surface area (Å²) in [5.74, 6) is -0.158. The van der Waals surface area contributed by atoms with Gasteiger partial charge in [0.15, 0.2) is 0 Å². The third-order valence-corrected chi connectivity index (χ3v) is 3.62. The summed E-state index contributed by atoms with van der Waals surface area (Å²) in [5, 5.41) is 0. The van der Waals surface area contributed by atoms with Gasteiger partial charge >= 0.3 is 0 Å². The zero-order valence-corrected chi connectivity index (χ0v) is 11.1. The monoisotopic (exact) mass is 248 g/mol. The molecule has 0 fully saturated rings. The summed E-state index contributed by atoms with van der Waals surface area (Å²) in [5.41, 5.74) is 2.20. The number of amides is 1. The van der Waals surface area contributed by atoms with Crippen molar-refractivity contribution in [2.24, 2.45) is 0 Å². The van der Waals surface area contributed by atoms with E-state index in [1.54, 1.807) is 11.0 Å². The summed E-state index contributed by atoms with van der Waals surface area (Å²) in [6, 6.07) is 1.80. The van der Waals surface area contributed by atoms with Crippen LogP contribution in [0.25, 0.3) is 0 Å². The predicted molar refractivity (Wildman–Crippen MR) is 71.0 cm³/mol. The van der Waals surface area contributed by atoms with Crippen LogP contribution in [0.5, 0.6) is 0 Å². The molecule has 0 saturated carbocycles. The average Bonchev–Trinajstić information content (AvgIpc) is 2.39. The molecule has 1 aliphatic rings. The van der Waals surface area contributed by atoms with Gasteiger partial charge in [-0.25, -0.2) is 0 Å². The minimum atomic E-state index is -0.243. The van der Waals surface area contributed by atoms with Crippen LogP contribution in [0.2, 0.25) is 0 Å². The Bertz CT molecular complexity index is 501. The van der Waals surface area contributed by atoms with Crippen LogP contribution in [-0.2, 0) is 12.8 Å². The third kappa shape index (κ3) is 2.33. The molecule has 0 radical (unpaired) electrons. The van der Waals surface area contributed by atoms with E-state index in [9.17, 15) is 9.59 Å². The molecule has 4 nitrogen and oxygen atoms in total. The lowest BCUT2D eigenvalue weighted by Gasteiger charge is -2.20. The van der Waals surface area contributed by atoms with Gasteiger partial charge in [-0.15, -0.1) is 0 Å². The van der Waals surface area contributed by atoms with Crippen LogP contribution in [0.4, 0.5) is 0 Å². The number of carbonyl (C=O) groups excluding carboxylic acids is 1. The van der Waals surface area contributed by atoms with Crippen LogP contribution in [0.3, 0.4) is 0 Å². The van der Waals surface area contributed by atoms with E-state index in [1.165, 1.54) is 0 Å². The maximum Gasteiger partial charge on any atom is 0.261 e. The molecule has 1 aliphatic carbocycles. The number of aromatic nitrogens is 1. The van der Waals surface area contributed by atoms with E-state index in [1.807, 2.05) is 13.8 Å². The van der Waals surface area contributed by atoms with E-state index in [0.29, 0.717) is 18.7 Å². The van der Waals surface area contributed by atoms with Gasteiger partial charge < -0.3 is 9.88 Å². The zero-order valence-electron chi connectivity index (χ0n) is 11.1. The molecule has 0 saturated heterocycles. The van der Waals surface area contributed by atoms with Crippen molar-refractivity contribution in [1.82, 2.24) is 9.88 Å². The number of nitrogens with one attached hydrogen (secondary N) is 1. The molecular weight excluding hydrogens is 228 g/mol. The summed E-state index contributed by atoms with van der Waals surface area (Å²) in [6.07, 6.45) is 4.14. The first kappa shape index (κ1) is 12.9. The number of hydrogen-bond donors (Lipinski definition) is 1. The average molecular weight is 248 g/mol. The fourth-order valence-corrected chi connectivity index (χ4v) is 2.51. The maximum absolute atomic E-state index is 12.2. The zero-order chi connectivity index (χ0) is 13.1. The number of aromatic amines is 1. The van der Waals surface area contributed by atoms with E-state index in [4.69, 9.17) is 0 Å². The fourth-order valence-electron chi connectivity index (χ4n) is 2.51. The molecule has 0 spiro atoms. The lowest BCUT2D eigenvalue weighted by Crippen LogP contribution is -2.35. The normalized spacial score (nSPS) is 14.1. The second-order valence-corrected chi connectivity index (χ2v) is 4.70. The largest absolute Gasteiger partial charge is 0.339 e. The van der Waals surface area contributed by atoms with Crippen molar-refractivity contribution in [2.45, 2.75) is 39.5 Å². The molecule has 1 N–H and O–H groups in total. The minimum Gasteiger partial charge on any atom is -0.339 e. The molecular formula is C14H20N2O2. The number of pyridine rings is 1. The molecule has 1 aromatic heterocycles. The van der Waals surface area contributed by atoms with Gasteiger partial charge in [0.2, 0.25) is 0 Å². The highest BCUT2D eigenvalue weighted by atomic mass is 16.2. The van der Waals surface area contributed by atoms with E-state index in [2.05, 4.69) is 4.98 Å². The van der Waals surface area contributed by atoms with Crippen molar-refractivity contribution >= 4 is 5.91 Å². The third-order valence-electron chi connectivity index (χ3n) is 3.62. The smallest absolute Gasteiger partial charge is 0.261 e. The molecule has 1 amide bonds. The summed E-state index contributed by atoms with van der Waals surface area (Å²) in [7, 11) is 0. The van der Waals surface area contributed by atoms with Gasteiger partial charge in [0, 0.05) is 18.8 Å². The molecule has 0 bridgehead atoms. The van der Waals surface area contributed by atoms with Crippen molar-refractivity contribution < 1.29 is 4.79 Å². The van der Waals surface area contributed by atoms with Crippen LogP contribution in [0, 0.1) is 0 Å². The van der Waals surface area contributed by atoms with Gasteiger partial charge in [-0.2, -0.15) is 0 Å². The highest BCUT2D eigenvalue weighted by Crippen LogP contribution is 2.18. The van der Waals surface area contributed by atoms with Crippen LogP contribution >= 0.6 is 0 Å². The van der Waals surface area contributed by atoms with Crippen LogP contribution in [0.15, 0.2) is 10.9 Å². The summed E-state index contributed by atoms with van der Waals surface area (Å²) < 4.78 is 0. The number of nitrogens with zero attached hydrogens (tertiary/aromatic N) is 1. The van der Waals surface area contributed by atoms with Gasteiger partial charge in [-0.3, -0.25) is 9.59 Å². The van der Waals surface area contributed by atoms with Gasteiger partial charge in [0.05, 0.1) is 0 Å². The Labute approximate surface area is 107 Å². The Morgan fingerprint density at radius 2 is 1.94 bits per heavy atom. The van der Waals surface area contributed by atoms with E-state index >= 15 is 0 Å². The standard InChI is InChI=1S/C14H20N2O2/c1-3-16(4-2)14(18)11-9-10-7-5-6-8-12(10)15-13(11)17/h9H,3-8H2,1-2H3,(H,15,17). The van der Waals surface area contributed by atoms with Crippen molar-refractivity contribution in [3.63, 3.8) is 0 Å². The summed E-state index contributed by atoms with van der Waals surface area (Å²) >= 11 is 0. The van der Waals surface area contributed by atoms with Gasteiger partial charge in [-0.1, -0.05) is 0 Å². The van der Waals surface area contributed by atoms with Gasteiger partial charge in [0.1, 0.15) is 5.56 Å². The highest BCUT2D eigenvalue weighted by Gasteiger charge is 2.19. The quantitative estimate of drug-likeness (QED) is 0.885. The molecule has 0 aromatic carbocycles. The van der Waals surface area contributed by atoms with Crippen molar-refractivity contribution in [1.29, 1.82) is 0 Å². The Balaban J connectivity index is 2.39. The van der Waals surface area contributed by atoms with Crippen LogP contribution in [-0.4, -0.2) is 28.9 Å². The first-order valence-electron chi connectivity index (χ1n) is 6.71. The van der Waals surface area contributed by atoms with Gasteiger partial charge in [-0.05, 0) is 51.2 Å². The number of H-pyrrole nitrogens is 1. The van der Waals surface area contributed by atoms with Crippen LogP contribution < -0.4 is 5.56 Å². The summed E-state index contributed by atoms with van der Waals surface area (Å²) in [4.78, 5) is 28.7. The molecule has 4 heteroatoms. The van der Waals surface area contributed by atoms with E-state index in [0.717, 1.165) is 36.9 Å². The highest BCUT2D eigenvalue weighted by molar-refractivity contribution is 5.94. The minimum absolute atomic E-state index is 0.158. The number of fused-ring (bicyclic) bond motifs is 1. The van der Waals surface area contributed by atoms with Gasteiger partial charge in [0.25, 0.3) is 11.5 Å². The second kappa shape index (κ2) is 5.38. The fraction of sp³-hybridized carbons (Fsp3) is 0.571. The molecule has 18 heavy (non-hydrogen) atoms. The first-order chi connectivity index (χ1) is 8.67. The van der Waals surface area contributed by atoms with Crippen LogP contribution in [0.1, 0.15) is 48.3 Å². The Hall–Kier alpha value is -1.58.